The molecule has 9 heteroatoms. The van der Waals surface area contributed by atoms with E-state index in [1.54, 1.807) is 0 Å². The van der Waals surface area contributed by atoms with Gasteiger partial charge in [-0.05, 0) is 25.0 Å². The highest BCUT2D eigenvalue weighted by Gasteiger charge is 2.32. The second kappa shape index (κ2) is 5.14. The molecule has 2 heterocycles. The summed E-state index contributed by atoms with van der Waals surface area (Å²) < 4.78 is 62.2. The van der Waals surface area contributed by atoms with E-state index in [1.807, 2.05) is 0 Å². The largest absolute Gasteiger partial charge is 0.261 e. The molecular weight excluding hydrogens is 295 g/mol. The Balaban J connectivity index is 2.13. The molecular formula is C10H13FN2O4S2. The molecule has 0 saturated carbocycles. The number of sulfonamides is 1. The molecule has 0 aromatic carbocycles. The Kier molecular flexibility index (Phi) is 3.88. The minimum atomic E-state index is -4.13. The van der Waals surface area contributed by atoms with Crippen LogP contribution in [0.5, 0.6) is 0 Å². The summed E-state index contributed by atoms with van der Waals surface area (Å²) in [6, 6.07) is 2.25. The highest BCUT2D eigenvalue weighted by Crippen LogP contribution is 2.20. The minimum Gasteiger partial charge on any atom is -0.241 e. The number of pyridine rings is 1. The lowest BCUT2D eigenvalue weighted by Gasteiger charge is -2.11. The van der Waals surface area contributed by atoms with Crippen molar-refractivity contribution < 1.29 is 21.2 Å². The molecule has 1 aromatic heterocycles. The van der Waals surface area contributed by atoms with Gasteiger partial charge in [0.15, 0.2) is 15.7 Å². The first-order chi connectivity index (χ1) is 8.83. The van der Waals surface area contributed by atoms with Crippen molar-refractivity contribution in [2.24, 2.45) is 0 Å². The first-order valence-electron chi connectivity index (χ1n) is 5.65. The van der Waals surface area contributed by atoms with Gasteiger partial charge in [0.2, 0.25) is 5.03 Å². The Morgan fingerprint density at radius 3 is 2.79 bits per heavy atom. The van der Waals surface area contributed by atoms with Crippen LogP contribution in [0, 0.1) is 5.82 Å². The average molecular weight is 308 g/mol. The van der Waals surface area contributed by atoms with Crippen LogP contribution in [0.1, 0.15) is 12.8 Å². The first kappa shape index (κ1) is 14.4. The molecule has 0 radical (unpaired) electrons. The fourth-order valence-electron chi connectivity index (χ4n) is 1.93. The molecule has 1 aromatic rings. The van der Waals surface area contributed by atoms with Gasteiger partial charge in [-0.1, -0.05) is 0 Å². The highest BCUT2D eigenvalue weighted by atomic mass is 32.2. The summed E-state index contributed by atoms with van der Waals surface area (Å²) in [4.78, 5) is 3.46. The smallest absolute Gasteiger partial charge is 0.241 e. The number of nitrogens with one attached hydrogen (secondary N) is 1. The molecule has 1 N–H and O–H groups in total. The third-order valence-electron chi connectivity index (χ3n) is 2.94. The lowest BCUT2D eigenvalue weighted by Crippen LogP contribution is -2.35. The number of halogens is 1. The van der Waals surface area contributed by atoms with Crippen LogP contribution in [0.2, 0.25) is 0 Å². The van der Waals surface area contributed by atoms with Crippen molar-refractivity contribution in [1.82, 2.24) is 9.71 Å². The molecule has 1 saturated heterocycles. The zero-order valence-electron chi connectivity index (χ0n) is 9.91. The van der Waals surface area contributed by atoms with Crippen LogP contribution in [0.15, 0.2) is 23.4 Å². The lowest BCUT2D eigenvalue weighted by molar-refractivity contribution is 0.542. The molecule has 1 aliphatic rings. The van der Waals surface area contributed by atoms with Crippen molar-refractivity contribution in [3.8, 4) is 0 Å². The quantitative estimate of drug-likeness (QED) is 0.850. The van der Waals surface area contributed by atoms with Gasteiger partial charge in [-0.15, -0.1) is 0 Å². The molecule has 0 amide bonds. The van der Waals surface area contributed by atoms with Gasteiger partial charge < -0.3 is 0 Å². The van der Waals surface area contributed by atoms with Crippen LogP contribution < -0.4 is 4.72 Å². The van der Waals surface area contributed by atoms with Gasteiger partial charge in [0.25, 0.3) is 10.0 Å². The van der Waals surface area contributed by atoms with Crippen LogP contribution in [0.4, 0.5) is 4.39 Å². The normalized spacial score (nSPS) is 22.5. The molecule has 0 aliphatic carbocycles. The van der Waals surface area contributed by atoms with Crippen molar-refractivity contribution in [2.75, 3.05) is 12.3 Å². The molecule has 0 bridgehead atoms. The molecule has 1 fully saturated rings. The minimum absolute atomic E-state index is 0.0668. The maximum Gasteiger partial charge on any atom is 0.261 e. The Morgan fingerprint density at radius 2 is 2.21 bits per heavy atom. The first-order valence-corrected chi connectivity index (χ1v) is 8.84. The topological polar surface area (TPSA) is 93.2 Å². The molecule has 6 nitrogen and oxygen atoms in total. The van der Waals surface area contributed by atoms with Gasteiger partial charge in [-0.2, -0.15) is 0 Å². The van der Waals surface area contributed by atoms with E-state index in [1.165, 1.54) is 6.07 Å². The van der Waals surface area contributed by atoms with Crippen molar-refractivity contribution in [2.45, 2.75) is 23.1 Å². The average Bonchev–Trinajstić information content (AvgIpc) is 2.66. The van der Waals surface area contributed by atoms with Crippen LogP contribution >= 0.6 is 0 Å². The van der Waals surface area contributed by atoms with Crippen LogP contribution in [-0.4, -0.2) is 39.4 Å². The standard InChI is InChI=1S/C10H13FN2O4S2/c11-9-4-1-5-12-10(9)19(16,17)13-7-8-3-2-6-18(8,14)15/h1,4-5,8,13H,2-3,6-7H2. The maximum absolute atomic E-state index is 13.3. The van der Waals surface area contributed by atoms with E-state index in [0.717, 1.165) is 12.3 Å². The van der Waals surface area contributed by atoms with Gasteiger partial charge in [-0.3, -0.25) is 0 Å². The van der Waals surface area contributed by atoms with Gasteiger partial charge in [0.05, 0.1) is 11.0 Å². The van der Waals surface area contributed by atoms with E-state index in [-0.39, 0.29) is 12.3 Å². The van der Waals surface area contributed by atoms with Crippen LogP contribution in [-0.2, 0) is 19.9 Å². The predicted octanol–water partition coefficient (Wildman–Crippen LogP) is 0.0762. The Labute approximate surface area is 111 Å². The third kappa shape index (κ3) is 3.10. The van der Waals surface area contributed by atoms with Crippen LogP contribution in [0.3, 0.4) is 0 Å². The second-order valence-corrected chi connectivity index (χ2v) is 8.36. The summed E-state index contributed by atoms with van der Waals surface area (Å²) in [5, 5.41) is -1.46. The number of nitrogens with zero attached hydrogens (tertiary/aromatic N) is 1. The molecule has 1 unspecified atom stereocenters. The third-order valence-corrected chi connectivity index (χ3v) is 6.58. The lowest BCUT2D eigenvalue weighted by atomic mass is 10.2. The number of sulfone groups is 1. The summed E-state index contributed by atoms with van der Waals surface area (Å²) >= 11 is 0. The number of rotatable bonds is 4. The van der Waals surface area contributed by atoms with Gasteiger partial charge >= 0.3 is 0 Å². The van der Waals surface area contributed by atoms with Gasteiger partial charge in [-0.25, -0.2) is 30.9 Å². The Morgan fingerprint density at radius 1 is 1.47 bits per heavy atom. The van der Waals surface area contributed by atoms with Gasteiger partial charge in [0.1, 0.15) is 0 Å². The van der Waals surface area contributed by atoms with E-state index in [4.69, 9.17) is 0 Å². The Bertz CT molecular complexity index is 673. The summed E-state index contributed by atoms with van der Waals surface area (Å²) in [5.41, 5.74) is 0. The van der Waals surface area contributed by atoms with E-state index >= 15 is 0 Å². The monoisotopic (exact) mass is 308 g/mol. The van der Waals surface area contributed by atoms with Crippen molar-refractivity contribution in [1.29, 1.82) is 0 Å². The summed E-state index contributed by atoms with van der Waals surface area (Å²) in [7, 11) is -7.37. The van der Waals surface area contributed by atoms with E-state index < -0.39 is 36.0 Å². The fourth-order valence-corrected chi connectivity index (χ4v) is 4.88. The maximum atomic E-state index is 13.3. The van der Waals surface area contributed by atoms with Crippen molar-refractivity contribution >= 4 is 19.9 Å². The summed E-state index contributed by atoms with van der Waals surface area (Å²) in [6.07, 6.45) is 2.09. The van der Waals surface area contributed by atoms with E-state index in [0.29, 0.717) is 12.8 Å². The van der Waals surface area contributed by atoms with Crippen molar-refractivity contribution in [3.63, 3.8) is 0 Å². The molecule has 1 atom stereocenters. The van der Waals surface area contributed by atoms with E-state index in [9.17, 15) is 21.2 Å². The Hall–Kier alpha value is -1.06. The zero-order valence-corrected chi connectivity index (χ0v) is 11.5. The molecule has 2 rings (SSSR count). The summed E-state index contributed by atoms with van der Waals surface area (Å²) in [5.74, 6) is -0.901. The number of aromatic nitrogens is 1. The molecule has 0 spiro atoms. The molecule has 19 heavy (non-hydrogen) atoms. The fraction of sp³-hybridized carbons (Fsp3) is 0.500. The number of hydrogen-bond donors (Lipinski definition) is 1. The molecule has 1 aliphatic heterocycles. The SMILES string of the molecule is O=S(=O)(NCC1CCCS1(=O)=O)c1ncccc1F. The van der Waals surface area contributed by atoms with E-state index in [2.05, 4.69) is 9.71 Å². The molecule has 106 valence electrons. The predicted molar refractivity (Wildman–Crippen MR) is 66.2 cm³/mol. The zero-order chi connectivity index (χ0) is 14.1. The summed E-state index contributed by atoms with van der Waals surface area (Å²) in [6.45, 7) is -0.249. The number of hydrogen-bond acceptors (Lipinski definition) is 5. The van der Waals surface area contributed by atoms with Crippen molar-refractivity contribution in [3.05, 3.63) is 24.1 Å². The van der Waals surface area contributed by atoms with Crippen LogP contribution in [0.25, 0.3) is 0 Å². The highest BCUT2D eigenvalue weighted by molar-refractivity contribution is 7.92. The second-order valence-electron chi connectivity index (χ2n) is 4.27. The van der Waals surface area contributed by atoms with Gasteiger partial charge in [0, 0.05) is 12.7 Å².